The molecule has 1 aliphatic rings. The lowest BCUT2D eigenvalue weighted by molar-refractivity contribution is 0.0701. The predicted molar refractivity (Wildman–Crippen MR) is 125 cm³/mol. The molecule has 1 fully saturated rings. The Bertz CT molecular complexity index is 1180. The number of anilines is 1. The average Bonchev–Trinajstić information content (AvgIpc) is 3.27. The standard InChI is InChI=1S/C24H24ClFN4O3/c1-30(23(31)28-14-17-8-4-9-18(26)22(17)25)19-10-5-11-20(19)33-24(32)29-21-12-15-6-2-3-7-16(15)13-27-21/h2-4,6-9,12-13,19-20H,5,10-11,14H2,1H3,(H,28,31)(H,27,29,32)/t19-,20+/m1/s1. The predicted octanol–water partition coefficient (Wildman–Crippen LogP) is 5.34. The van der Waals surface area contributed by atoms with Gasteiger partial charge in [0.15, 0.2) is 0 Å². The van der Waals surface area contributed by atoms with Crippen molar-refractivity contribution >= 4 is 40.3 Å². The Morgan fingerprint density at radius 1 is 1.18 bits per heavy atom. The van der Waals surface area contributed by atoms with E-state index in [0.29, 0.717) is 24.2 Å². The van der Waals surface area contributed by atoms with E-state index >= 15 is 0 Å². The number of hydrogen-bond donors (Lipinski definition) is 2. The number of aromatic nitrogens is 1. The lowest BCUT2D eigenvalue weighted by atomic mass is 10.2. The molecule has 0 aliphatic heterocycles. The highest BCUT2D eigenvalue weighted by atomic mass is 35.5. The van der Waals surface area contributed by atoms with Crippen molar-refractivity contribution in [3.8, 4) is 0 Å². The van der Waals surface area contributed by atoms with Crippen LogP contribution in [0.5, 0.6) is 0 Å². The first-order chi connectivity index (χ1) is 15.9. The van der Waals surface area contributed by atoms with Crippen LogP contribution in [0, 0.1) is 5.82 Å². The molecule has 0 unspecified atom stereocenters. The summed E-state index contributed by atoms with van der Waals surface area (Å²) in [7, 11) is 1.65. The van der Waals surface area contributed by atoms with E-state index in [4.69, 9.17) is 16.3 Å². The Labute approximate surface area is 195 Å². The fraction of sp³-hybridized carbons (Fsp3) is 0.292. The van der Waals surface area contributed by atoms with Crippen molar-refractivity contribution in [2.45, 2.75) is 38.0 Å². The molecule has 0 saturated heterocycles. The second kappa shape index (κ2) is 10.0. The van der Waals surface area contributed by atoms with Crippen LogP contribution in [-0.4, -0.2) is 41.2 Å². The summed E-state index contributed by atoms with van der Waals surface area (Å²) in [5.41, 5.74) is 0.486. The number of halogens is 2. The molecule has 2 aromatic carbocycles. The Morgan fingerprint density at radius 2 is 1.97 bits per heavy atom. The number of carbonyl (C=O) groups is 2. The van der Waals surface area contributed by atoms with Gasteiger partial charge in [-0.2, -0.15) is 0 Å². The van der Waals surface area contributed by atoms with Gasteiger partial charge >= 0.3 is 12.1 Å². The van der Waals surface area contributed by atoms with Gasteiger partial charge in [-0.05, 0) is 42.3 Å². The third-order valence-corrected chi connectivity index (χ3v) is 6.24. The summed E-state index contributed by atoms with van der Waals surface area (Å²) >= 11 is 5.95. The molecule has 3 aromatic rings. The number of fused-ring (bicyclic) bond motifs is 1. The summed E-state index contributed by atoms with van der Waals surface area (Å²) in [5, 5.41) is 7.32. The van der Waals surface area contributed by atoms with E-state index in [1.54, 1.807) is 25.4 Å². The van der Waals surface area contributed by atoms with E-state index < -0.39 is 18.0 Å². The maximum atomic E-state index is 13.6. The number of benzene rings is 2. The second-order valence-corrected chi connectivity index (χ2v) is 8.34. The zero-order valence-corrected chi connectivity index (χ0v) is 18.8. The van der Waals surface area contributed by atoms with Crippen molar-refractivity contribution in [3.63, 3.8) is 0 Å². The highest BCUT2D eigenvalue weighted by Gasteiger charge is 2.35. The van der Waals surface area contributed by atoms with E-state index in [1.165, 1.54) is 17.0 Å². The van der Waals surface area contributed by atoms with Crippen LogP contribution < -0.4 is 10.6 Å². The Kier molecular flexibility index (Phi) is 6.93. The Balaban J connectivity index is 1.33. The van der Waals surface area contributed by atoms with Crippen molar-refractivity contribution in [1.82, 2.24) is 15.2 Å². The molecule has 3 amide bonds. The van der Waals surface area contributed by atoms with Crippen molar-refractivity contribution in [1.29, 1.82) is 0 Å². The maximum Gasteiger partial charge on any atom is 0.413 e. The summed E-state index contributed by atoms with van der Waals surface area (Å²) in [6.45, 7) is 0.0894. The quantitative estimate of drug-likeness (QED) is 0.527. The van der Waals surface area contributed by atoms with Gasteiger partial charge in [-0.1, -0.05) is 48.0 Å². The number of amides is 3. The fourth-order valence-corrected chi connectivity index (χ4v) is 4.23. The van der Waals surface area contributed by atoms with E-state index in [2.05, 4.69) is 15.6 Å². The van der Waals surface area contributed by atoms with Gasteiger partial charge in [0, 0.05) is 25.2 Å². The van der Waals surface area contributed by atoms with Crippen LogP contribution in [0.1, 0.15) is 24.8 Å². The van der Waals surface area contributed by atoms with Gasteiger partial charge in [-0.3, -0.25) is 5.32 Å². The number of hydrogen-bond acceptors (Lipinski definition) is 4. The lowest BCUT2D eigenvalue weighted by Gasteiger charge is -2.29. The van der Waals surface area contributed by atoms with Crippen molar-refractivity contribution in [2.24, 2.45) is 0 Å². The van der Waals surface area contributed by atoms with Crippen LogP contribution in [0.4, 0.5) is 19.8 Å². The van der Waals surface area contributed by atoms with E-state index in [-0.39, 0.29) is 23.6 Å². The van der Waals surface area contributed by atoms with Gasteiger partial charge in [-0.15, -0.1) is 0 Å². The van der Waals surface area contributed by atoms with Gasteiger partial charge in [-0.25, -0.2) is 19.0 Å². The van der Waals surface area contributed by atoms with Crippen molar-refractivity contribution in [3.05, 3.63) is 71.1 Å². The number of carbonyl (C=O) groups excluding carboxylic acids is 2. The van der Waals surface area contributed by atoms with Crippen LogP contribution >= 0.6 is 11.6 Å². The van der Waals surface area contributed by atoms with Crippen LogP contribution in [-0.2, 0) is 11.3 Å². The average molecular weight is 471 g/mol. The molecular weight excluding hydrogens is 447 g/mol. The molecule has 1 aromatic heterocycles. The molecule has 0 spiro atoms. The molecule has 1 heterocycles. The highest BCUT2D eigenvalue weighted by Crippen LogP contribution is 2.27. The lowest BCUT2D eigenvalue weighted by Crippen LogP contribution is -2.47. The molecule has 33 heavy (non-hydrogen) atoms. The highest BCUT2D eigenvalue weighted by molar-refractivity contribution is 6.31. The zero-order chi connectivity index (χ0) is 23.4. The molecule has 1 saturated carbocycles. The Morgan fingerprint density at radius 3 is 2.79 bits per heavy atom. The SMILES string of the molecule is CN(C(=O)NCc1cccc(F)c1Cl)[C@@H]1CCC[C@@H]1OC(=O)Nc1cc2ccccc2cn1. The molecule has 0 radical (unpaired) electrons. The van der Waals surface area contributed by atoms with Gasteiger partial charge in [0.05, 0.1) is 11.1 Å². The van der Waals surface area contributed by atoms with Gasteiger partial charge in [0.2, 0.25) is 0 Å². The van der Waals surface area contributed by atoms with Gasteiger partial charge in [0.1, 0.15) is 17.7 Å². The zero-order valence-electron chi connectivity index (χ0n) is 18.1. The maximum absolute atomic E-state index is 13.6. The minimum absolute atomic E-state index is 0.0125. The van der Waals surface area contributed by atoms with E-state index in [9.17, 15) is 14.0 Å². The normalized spacial score (nSPS) is 17.5. The molecule has 4 rings (SSSR count). The number of pyridine rings is 1. The number of nitrogens with zero attached hydrogens (tertiary/aromatic N) is 2. The summed E-state index contributed by atoms with van der Waals surface area (Å²) in [4.78, 5) is 30.9. The second-order valence-electron chi connectivity index (χ2n) is 7.97. The van der Waals surface area contributed by atoms with Crippen molar-refractivity contribution in [2.75, 3.05) is 12.4 Å². The minimum Gasteiger partial charge on any atom is -0.444 e. The van der Waals surface area contributed by atoms with Gasteiger partial charge in [0.25, 0.3) is 0 Å². The summed E-state index contributed by atoms with van der Waals surface area (Å²) in [6, 6.07) is 13.3. The number of nitrogens with one attached hydrogen (secondary N) is 2. The topological polar surface area (TPSA) is 83.6 Å². The van der Waals surface area contributed by atoms with E-state index in [0.717, 1.165) is 17.2 Å². The minimum atomic E-state index is -0.616. The van der Waals surface area contributed by atoms with E-state index in [1.807, 2.05) is 24.3 Å². The summed E-state index contributed by atoms with van der Waals surface area (Å²) < 4.78 is 19.2. The van der Waals surface area contributed by atoms with Crippen LogP contribution in [0.2, 0.25) is 5.02 Å². The largest absolute Gasteiger partial charge is 0.444 e. The number of likely N-dealkylation sites (N-methyl/N-ethyl adjacent to an activating group) is 1. The monoisotopic (exact) mass is 470 g/mol. The third kappa shape index (κ3) is 5.34. The molecule has 7 nitrogen and oxygen atoms in total. The third-order valence-electron chi connectivity index (χ3n) is 5.82. The molecule has 172 valence electrons. The van der Waals surface area contributed by atoms with Gasteiger partial charge < -0.3 is 15.0 Å². The molecule has 2 N–H and O–H groups in total. The number of rotatable bonds is 5. The molecule has 0 bridgehead atoms. The molecule has 1 aliphatic carbocycles. The van der Waals surface area contributed by atoms with Crippen LogP contribution in [0.3, 0.4) is 0 Å². The smallest absolute Gasteiger partial charge is 0.413 e. The Hall–Kier alpha value is -3.39. The molecule has 9 heteroatoms. The first kappa shape index (κ1) is 22.8. The van der Waals surface area contributed by atoms with Crippen LogP contribution in [0.15, 0.2) is 54.7 Å². The summed E-state index contributed by atoms with van der Waals surface area (Å²) in [6.07, 6.45) is 2.80. The number of ether oxygens (including phenoxy) is 1. The van der Waals surface area contributed by atoms with Crippen LogP contribution in [0.25, 0.3) is 10.8 Å². The number of urea groups is 1. The first-order valence-electron chi connectivity index (χ1n) is 10.7. The van der Waals surface area contributed by atoms with Crippen molar-refractivity contribution < 1.29 is 18.7 Å². The first-order valence-corrected chi connectivity index (χ1v) is 11.1. The molecule has 2 atom stereocenters. The molecular formula is C24H24ClFN4O3. The summed E-state index contributed by atoms with van der Waals surface area (Å²) in [5.74, 6) is -0.140. The fourth-order valence-electron chi connectivity index (χ4n) is 4.04.